The SMILES string of the molecule is Cc1ccc(S(=O)(=O)NC(C)c2nc(-c3ccc(Cl)cc3)no2)cc1. The highest BCUT2D eigenvalue weighted by Gasteiger charge is 2.22. The van der Waals surface area contributed by atoms with Gasteiger partial charge in [-0.1, -0.05) is 34.5 Å². The number of sulfonamides is 1. The summed E-state index contributed by atoms with van der Waals surface area (Å²) in [5, 5.41) is 4.49. The number of benzene rings is 2. The molecule has 0 aliphatic rings. The van der Waals surface area contributed by atoms with Crippen LogP contribution in [0, 0.1) is 6.92 Å². The van der Waals surface area contributed by atoms with E-state index in [9.17, 15) is 8.42 Å². The molecule has 0 amide bonds. The quantitative estimate of drug-likeness (QED) is 0.732. The lowest BCUT2D eigenvalue weighted by molar-refractivity contribution is 0.354. The minimum Gasteiger partial charge on any atom is -0.337 e. The van der Waals surface area contributed by atoms with Gasteiger partial charge >= 0.3 is 0 Å². The van der Waals surface area contributed by atoms with Crippen LogP contribution in [-0.4, -0.2) is 18.6 Å². The Morgan fingerprint density at radius 1 is 1.08 bits per heavy atom. The van der Waals surface area contributed by atoms with E-state index >= 15 is 0 Å². The third-order valence-corrected chi connectivity index (χ3v) is 5.39. The minimum absolute atomic E-state index is 0.181. The molecule has 0 radical (unpaired) electrons. The Balaban J connectivity index is 1.78. The molecule has 0 saturated heterocycles. The number of hydrogen-bond acceptors (Lipinski definition) is 5. The first-order chi connectivity index (χ1) is 11.8. The van der Waals surface area contributed by atoms with Gasteiger partial charge in [0, 0.05) is 10.6 Å². The van der Waals surface area contributed by atoms with Gasteiger partial charge in [-0.15, -0.1) is 0 Å². The third kappa shape index (κ3) is 4.07. The number of nitrogens with one attached hydrogen (secondary N) is 1. The zero-order chi connectivity index (χ0) is 18.0. The highest BCUT2D eigenvalue weighted by atomic mass is 35.5. The molecule has 130 valence electrons. The second-order valence-electron chi connectivity index (χ2n) is 5.62. The summed E-state index contributed by atoms with van der Waals surface area (Å²) < 4.78 is 32.6. The van der Waals surface area contributed by atoms with Gasteiger partial charge in [0.2, 0.25) is 21.7 Å². The van der Waals surface area contributed by atoms with E-state index in [4.69, 9.17) is 16.1 Å². The van der Waals surface area contributed by atoms with Gasteiger partial charge in [0.25, 0.3) is 0 Å². The molecule has 2 aromatic carbocycles. The number of halogens is 1. The van der Waals surface area contributed by atoms with Crippen molar-refractivity contribution in [2.75, 3.05) is 0 Å². The Morgan fingerprint density at radius 2 is 1.72 bits per heavy atom. The second kappa shape index (κ2) is 6.95. The first-order valence-corrected chi connectivity index (χ1v) is 9.40. The van der Waals surface area contributed by atoms with Crippen molar-refractivity contribution in [1.82, 2.24) is 14.9 Å². The fourth-order valence-corrected chi connectivity index (χ4v) is 3.52. The zero-order valence-corrected chi connectivity index (χ0v) is 15.2. The highest BCUT2D eigenvalue weighted by Crippen LogP contribution is 2.22. The van der Waals surface area contributed by atoms with Crippen molar-refractivity contribution in [1.29, 1.82) is 0 Å². The molecule has 3 aromatic rings. The number of aromatic nitrogens is 2. The molecule has 1 unspecified atom stereocenters. The monoisotopic (exact) mass is 377 g/mol. The first kappa shape index (κ1) is 17.6. The van der Waals surface area contributed by atoms with Crippen molar-refractivity contribution in [2.24, 2.45) is 0 Å². The lowest BCUT2D eigenvalue weighted by Gasteiger charge is -2.10. The van der Waals surface area contributed by atoms with Crippen LogP contribution in [0.25, 0.3) is 11.4 Å². The van der Waals surface area contributed by atoms with Gasteiger partial charge in [0.05, 0.1) is 10.9 Å². The average molecular weight is 378 g/mol. The van der Waals surface area contributed by atoms with Crippen LogP contribution in [0.3, 0.4) is 0 Å². The molecule has 6 nitrogen and oxygen atoms in total. The van der Waals surface area contributed by atoms with E-state index in [-0.39, 0.29) is 10.8 Å². The third-order valence-electron chi connectivity index (χ3n) is 3.58. The summed E-state index contributed by atoms with van der Waals surface area (Å²) in [7, 11) is -3.68. The largest absolute Gasteiger partial charge is 0.337 e. The zero-order valence-electron chi connectivity index (χ0n) is 13.6. The van der Waals surface area contributed by atoms with Crippen LogP contribution >= 0.6 is 11.6 Å². The lowest BCUT2D eigenvalue weighted by atomic mass is 10.2. The highest BCUT2D eigenvalue weighted by molar-refractivity contribution is 7.89. The van der Waals surface area contributed by atoms with Gasteiger partial charge in [-0.2, -0.15) is 9.71 Å². The number of aryl methyl sites for hydroxylation is 1. The maximum atomic E-state index is 12.4. The van der Waals surface area contributed by atoms with Gasteiger partial charge in [0.15, 0.2) is 0 Å². The van der Waals surface area contributed by atoms with E-state index in [0.717, 1.165) is 11.1 Å². The van der Waals surface area contributed by atoms with E-state index < -0.39 is 16.1 Å². The molecule has 3 rings (SSSR count). The van der Waals surface area contributed by atoms with Crippen LogP contribution in [0.15, 0.2) is 57.9 Å². The van der Waals surface area contributed by atoms with Crippen LogP contribution in [0.5, 0.6) is 0 Å². The molecule has 25 heavy (non-hydrogen) atoms. The Labute approximate surface area is 150 Å². The molecular formula is C17H16ClN3O3S. The van der Waals surface area contributed by atoms with Gasteiger partial charge in [-0.05, 0) is 50.2 Å². The van der Waals surface area contributed by atoms with Gasteiger partial charge in [0.1, 0.15) is 0 Å². The smallest absolute Gasteiger partial charge is 0.244 e. The Kier molecular flexibility index (Phi) is 4.89. The Bertz CT molecular complexity index is 967. The van der Waals surface area contributed by atoms with Crippen LogP contribution in [-0.2, 0) is 10.0 Å². The summed E-state index contributed by atoms with van der Waals surface area (Å²) in [5.41, 5.74) is 1.71. The fraction of sp³-hybridized carbons (Fsp3) is 0.176. The Hall–Kier alpha value is -2.22. The summed E-state index contributed by atoms with van der Waals surface area (Å²) >= 11 is 5.85. The van der Waals surface area contributed by atoms with Gasteiger partial charge < -0.3 is 4.52 Å². The molecule has 1 atom stereocenters. The summed E-state index contributed by atoms with van der Waals surface area (Å²) in [4.78, 5) is 4.44. The predicted molar refractivity (Wildman–Crippen MR) is 94.7 cm³/mol. The lowest BCUT2D eigenvalue weighted by Crippen LogP contribution is -2.27. The van der Waals surface area contributed by atoms with Gasteiger partial charge in [-0.3, -0.25) is 0 Å². The predicted octanol–water partition coefficient (Wildman–Crippen LogP) is 3.74. The van der Waals surface area contributed by atoms with Crippen LogP contribution in [0.1, 0.15) is 24.4 Å². The van der Waals surface area contributed by atoms with Crippen molar-refractivity contribution in [2.45, 2.75) is 24.8 Å². The summed E-state index contributed by atoms with van der Waals surface area (Å²) in [6.07, 6.45) is 0. The second-order valence-corrected chi connectivity index (χ2v) is 7.77. The Morgan fingerprint density at radius 3 is 2.36 bits per heavy atom. The normalized spacial score (nSPS) is 12.9. The maximum absolute atomic E-state index is 12.4. The van der Waals surface area contributed by atoms with Crippen molar-refractivity contribution >= 4 is 21.6 Å². The minimum atomic E-state index is -3.68. The number of rotatable bonds is 5. The molecule has 0 saturated carbocycles. The van der Waals surface area contributed by atoms with E-state index in [1.165, 1.54) is 0 Å². The molecule has 8 heteroatoms. The average Bonchev–Trinajstić information content (AvgIpc) is 3.06. The van der Waals surface area contributed by atoms with Crippen molar-refractivity contribution in [3.63, 3.8) is 0 Å². The van der Waals surface area contributed by atoms with Crippen molar-refractivity contribution < 1.29 is 12.9 Å². The summed E-state index contributed by atoms with van der Waals surface area (Å²) in [6.45, 7) is 3.54. The fourth-order valence-electron chi connectivity index (χ4n) is 2.20. The van der Waals surface area contributed by atoms with E-state index in [0.29, 0.717) is 10.8 Å². The number of hydrogen-bond donors (Lipinski definition) is 1. The summed E-state index contributed by atoms with van der Waals surface area (Å²) in [6, 6.07) is 12.9. The maximum Gasteiger partial charge on any atom is 0.244 e. The van der Waals surface area contributed by atoms with Gasteiger partial charge in [-0.25, -0.2) is 8.42 Å². The molecule has 1 aromatic heterocycles. The van der Waals surface area contributed by atoms with Crippen molar-refractivity contribution in [3.05, 3.63) is 65.0 Å². The molecule has 0 bridgehead atoms. The van der Waals surface area contributed by atoms with Crippen LogP contribution < -0.4 is 4.72 Å². The molecule has 0 spiro atoms. The van der Waals surface area contributed by atoms with Crippen LogP contribution in [0.4, 0.5) is 0 Å². The summed E-state index contributed by atoms with van der Waals surface area (Å²) in [5.74, 6) is 0.550. The van der Waals surface area contributed by atoms with Crippen molar-refractivity contribution in [3.8, 4) is 11.4 Å². The van der Waals surface area contributed by atoms with E-state index in [1.807, 2.05) is 6.92 Å². The molecule has 1 heterocycles. The standard InChI is InChI=1S/C17H16ClN3O3S/c1-11-3-9-15(10-4-11)25(22,23)21-12(2)17-19-16(20-24-17)13-5-7-14(18)8-6-13/h3-10,12,21H,1-2H3. The first-order valence-electron chi connectivity index (χ1n) is 7.54. The molecule has 0 aliphatic heterocycles. The molecule has 0 aliphatic carbocycles. The number of nitrogens with zero attached hydrogens (tertiary/aromatic N) is 2. The molecule has 1 N–H and O–H groups in total. The molecular weight excluding hydrogens is 362 g/mol. The van der Waals surface area contributed by atoms with Crippen LogP contribution in [0.2, 0.25) is 5.02 Å². The van der Waals surface area contributed by atoms with E-state index in [2.05, 4.69) is 14.9 Å². The molecule has 0 fully saturated rings. The van der Waals surface area contributed by atoms with E-state index in [1.54, 1.807) is 55.5 Å². The topological polar surface area (TPSA) is 85.1 Å².